The minimum atomic E-state index is -2.85. The average molecular weight is 191 g/mol. The lowest BCUT2D eigenvalue weighted by molar-refractivity contribution is -0.144. The fourth-order valence-corrected chi connectivity index (χ4v) is 1.94. The molecule has 0 unspecified atom stereocenters. The molecule has 4 heteroatoms. The van der Waals surface area contributed by atoms with E-state index in [9.17, 15) is 13.6 Å². The van der Waals surface area contributed by atoms with Crippen molar-refractivity contribution < 1.29 is 13.6 Å². The van der Waals surface area contributed by atoms with Gasteiger partial charge in [0.1, 0.15) is 0 Å². The van der Waals surface area contributed by atoms with Gasteiger partial charge in [-0.2, -0.15) is 8.78 Å². The summed E-state index contributed by atoms with van der Waals surface area (Å²) in [7, 11) is 0. The number of halogens is 2. The molecule has 0 saturated heterocycles. The van der Waals surface area contributed by atoms with Crippen molar-refractivity contribution >= 4 is 5.91 Å². The van der Waals surface area contributed by atoms with Crippen LogP contribution in [0.5, 0.6) is 0 Å². The normalized spacial score (nSPS) is 18.2. The molecule has 2 nitrogen and oxygen atoms in total. The third kappa shape index (κ3) is 2.39. The summed E-state index contributed by atoms with van der Waals surface area (Å²) in [6.45, 7) is 2.15. The van der Waals surface area contributed by atoms with Gasteiger partial charge in [-0.05, 0) is 19.8 Å². The maximum Gasteiger partial charge on any atom is 0.315 e. The molecule has 0 aromatic carbocycles. The topological polar surface area (TPSA) is 20.3 Å². The largest absolute Gasteiger partial charge is 0.335 e. The standard InChI is InChI=1S/C9H15F2NO/c1-2-12(9(13)8(10)11)7-5-3-4-6-7/h7-8H,2-6H2,1H3. The summed E-state index contributed by atoms with van der Waals surface area (Å²) in [6, 6.07) is 0.0616. The fourth-order valence-electron chi connectivity index (χ4n) is 1.94. The second-order valence-corrected chi connectivity index (χ2v) is 3.36. The van der Waals surface area contributed by atoms with Gasteiger partial charge < -0.3 is 4.90 Å². The van der Waals surface area contributed by atoms with Crippen molar-refractivity contribution in [1.82, 2.24) is 4.90 Å². The van der Waals surface area contributed by atoms with E-state index in [0.717, 1.165) is 25.7 Å². The molecule has 0 heterocycles. The van der Waals surface area contributed by atoms with Crippen molar-refractivity contribution in [2.24, 2.45) is 0 Å². The maximum absolute atomic E-state index is 12.1. The van der Waals surface area contributed by atoms with Gasteiger partial charge in [-0.3, -0.25) is 4.79 Å². The zero-order valence-corrected chi connectivity index (χ0v) is 7.80. The van der Waals surface area contributed by atoms with Crippen LogP contribution in [0.2, 0.25) is 0 Å². The highest BCUT2D eigenvalue weighted by atomic mass is 19.3. The Hall–Kier alpha value is -0.670. The lowest BCUT2D eigenvalue weighted by atomic mass is 10.2. The van der Waals surface area contributed by atoms with Crippen LogP contribution in [-0.2, 0) is 4.79 Å². The van der Waals surface area contributed by atoms with E-state index in [1.165, 1.54) is 4.90 Å². The Kier molecular flexibility index (Phi) is 3.63. The maximum atomic E-state index is 12.1. The molecule has 1 aliphatic rings. The molecular weight excluding hydrogens is 176 g/mol. The summed E-state index contributed by atoms with van der Waals surface area (Å²) in [5.41, 5.74) is 0. The van der Waals surface area contributed by atoms with E-state index in [4.69, 9.17) is 0 Å². The molecule has 1 saturated carbocycles. The highest BCUT2D eigenvalue weighted by molar-refractivity contribution is 5.79. The van der Waals surface area contributed by atoms with Gasteiger partial charge in [0.2, 0.25) is 0 Å². The molecule has 0 aromatic heterocycles. The number of nitrogens with zero attached hydrogens (tertiary/aromatic N) is 1. The van der Waals surface area contributed by atoms with Gasteiger partial charge in [-0.1, -0.05) is 12.8 Å². The third-order valence-corrected chi connectivity index (χ3v) is 2.58. The van der Waals surface area contributed by atoms with Crippen LogP contribution in [0.1, 0.15) is 32.6 Å². The summed E-state index contributed by atoms with van der Waals surface area (Å²) < 4.78 is 24.3. The smallest absolute Gasteiger partial charge is 0.315 e. The van der Waals surface area contributed by atoms with E-state index >= 15 is 0 Å². The van der Waals surface area contributed by atoms with E-state index in [1.807, 2.05) is 0 Å². The number of hydrogen-bond donors (Lipinski definition) is 0. The Labute approximate surface area is 76.9 Å². The zero-order chi connectivity index (χ0) is 9.84. The van der Waals surface area contributed by atoms with E-state index in [1.54, 1.807) is 6.92 Å². The Morgan fingerprint density at radius 1 is 1.46 bits per heavy atom. The van der Waals surface area contributed by atoms with Crippen molar-refractivity contribution in [2.75, 3.05) is 6.54 Å². The van der Waals surface area contributed by atoms with Crippen molar-refractivity contribution in [2.45, 2.75) is 45.1 Å². The summed E-state index contributed by atoms with van der Waals surface area (Å²) in [6.07, 6.45) is 1.02. The second-order valence-electron chi connectivity index (χ2n) is 3.36. The molecular formula is C9H15F2NO. The number of hydrogen-bond acceptors (Lipinski definition) is 1. The molecule has 1 fully saturated rings. The number of carbonyl (C=O) groups is 1. The van der Waals surface area contributed by atoms with E-state index in [0.29, 0.717) is 6.54 Å². The molecule has 0 N–H and O–H groups in total. The summed E-state index contributed by atoms with van der Waals surface area (Å²) in [5.74, 6) is -1.01. The number of amides is 1. The first-order valence-electron chi connectivity index (χ1n) is 4.75. The van der Waals surface area contributed by atoms with Crippen LogP contribution in [0.15, 0.2) is 0 Å². The first-order valence-corrected chi connectivity index (χ1v) is 4.75. The van der Waals surface area contributed by atoms with Crippen LogP contribution >= 0.6 is 0 Å². The van der Waals surface area contributed by atoms with Gasteiger partial charge in [0.25, 0.3) is 5.91 Å². The fraction of sp³-hybridized carbons (Fsp3) is 0.889. The minimum absolute atomic E-state index is 0.0616. The Morgan fingerprint density at radius 3 is 2.38 bits per heavy atom. The monoisotopic (exact) mass is 191 g/mol. The molecule has 0 spiro atoms. The summed E-state index contributed by atoms with van der Waals surface area (Å²) >= 11 is 0. The van der Waals surface area contributed by atoms with Crippen LogP contribution < -0.4 is 0 Å². The molecule has 0 atom stereocenters. The lowest BCUT2D eigenvalue weighted by Gasteiger charge is -2.27. The molecule has 0 radical (unpaired) electrons. The van der Waals surface area contributed by atoms with Crippen molar-refractivity contribution in [3.63, 3.8) is 0 Å². The molecule has 13 heavy (non-hydrogen) atoms. The van der Waals surface area contributed by atoms with Crippen molar-refractivity contribution in [3.8, 4) is 0 Å². The zero-order valence-electron chi connectivity index (χ0n) is 7.80. The van der Waals surface area contributed by atoms with Crippen LogP contribution in [-0.4, -0.2) is 29.8 Å². The van der Waals surface area contributed by atoms with Gasteiger partial charge in [0.15, 0.2) is 0 Å². The van der Waals surface area contributed by atoms with Crippen LogP contribution in [0, 0.1) is 0 Å². The van der Waals surface area contributed by atoms with Gasteiger partial charge >= 0.3 is 6.43 Å². The van der Waals surface area contributed by atoms with Crippen molar-refractivity contribution in [1.29, 1.82) is 0 Å². The molecule has 0 bridgehead atoms. The number of carbonyl (C=O) groups excluding carboxylic acids is 1. The van der Waals surface area contributed by atoms with Crippen LogP contribution in [0.3, 0.4) is 0 Å². The molecule has 1 aliphatic carbocycles. The predicted octanol–water partition coefficient (Wildman–Crippen LogP) is 2.04. The summed E-state index contributed by atoms with van der Waals surface area (Å²) in [4.78, 5) is 12.4. The SMILES string of the molecule is CCN(C(=O)C(F)F)C1CCCC1. The van der Waals surface area contributed by atoms with Gasteiger partial charge in [0, 0.05) is 12.6 Å². The highest BCUT2D eigenvalue weighted by Gasteiger charge is 2.29. The lowest BCUT2D eigenvalue weighted by Crippen LogP contribution is -2.41. The number of rotatable bonds is 3. The average Bonchev–Trinajstić information content (AvgIpc) is 2.58. The highest BCUT2D eigenvalue weighted by Crippen LogP contribution is 2.24. The molecule has 0 aromatic rings. The van der Waals surface area contributed by atoms with E-state index in [-0.39, 0.29) is 6.04 Å². The number of alkyl halides is 2. The Morgan fingerprint density at radius 2 is 2.00 bits per heavy atom. The molecule has 76 valence electrons. The first-order chi connectivity index (χ1) is 6.16. The predicted molar refractivity (Wildman–Crippen MR) is 45.6 cm³/mol. The van der Waals surface area contributed by atoms with Gasteiger partial charge in [-0.25, -0.2) is 0 Å². The quantitative estimate of drug-likeness (QED) is 0.668. The Bertz CT molecular complexity index is 178. The Balaban J connectivity index is 2.55. The summed E-state index contributed by atoms with van der Waals surface area (Å²) in [5, 5.41) is 0. The van der Waals surface area contributed by atoms with Crippen LogP contribution in [0.25, 0.3) is 0 Å². The first kappa shape index (κ1) is 10.4. The second kappa shape index (κ2) is 4.53. The van der Waals surface area contributed by atoms with Gasteiger partial charge in [0.05, 0.1) is 0 Å². The van der Waals surface area contributed by atoms with E-state index < -0.39 is 12.3 Å². The van der Waals surface area contributed by atoms with E-state index in [2.05, 4.69) is 0 Å². The van der Waals surface area contributed by atoms with Gasteiger partial charge in [-0.15, -0.1) is 0 Å². The molecule has 0 aliphatic heterocycles. The molecule has 1 rings (SSSR count). The molecule has 1 amide bonds. The van der Waals surface area contributed by atoms with Crippen molar-refractivity contribution in [3.05, 3.63) is 0 Å². The third-order valence-electron chi connectivity index (χ3n) is 2.58. The minimum Gasteiger partial charge on any atom is -0.335 e. The van der Waals surface area contributed by atoms with Crippen LogP contribution in [0.4, 0.5) is 8.78 Å².